The Balaban J connectivity index is 1.23. The topological polar surface area (TPSA) is 64.3 Å². The van der Waals surface area contributed by atoms with Gasteiger partial charge in [0.2, 0.25) is 0 Å². The van der Waals surface area contributed by atoms with Gasteiger partial charge in [-0.1, -0.05) is 35.5 Å². The number of benzene rings is 3. The number of amidine groups is 1. The second-order valence-corrected chi connectivity index (χ2v) is 9.01. The molecule has 0 saturated heterocycles. The lowest BCUT2D eigenvalue weighted by molar-refractivity contribution is -0.274. The van der Waals surface area contributed by atoms with Crippen molar-refractivity contribution in [1.29, 1.82) is 0 Å². The number of thioether (sulfide) groups is 1. The van der Waals surface area contributed by atoms with E-state index in [0.717, 1.165) is 27.7 Å². The molecule has 5 rings (SSSR count). The molecule has 1 aromatic heterocycles. The molecule has 2 heterocycles. The SMILES string of the molecule is FC(F)(F)Oc1ccc(-n2cnc(-c3ccc(NC4=NC(c5ccc(Cl)cc5)CS4)cc3)n2)cc1. The molecule has 0 aliphatic carbocycles. The first-order valence-corrected chi connectivity index (χ1v) is 11.8. The number of anilines is 1. The van der Waals surface area contributed by atoms with Crippen molar-refractivity contribution in [3.63, 3.8) is 0 Å². The lowest BCUT2D eigenvalue weighted by Crippen LogP contribution is -2.17. The summed E-state index contributed by atoms with van der Waals surface area (Å²) in [5.41, 5.74) is 3.36. The number of nitrogens with zero attached hydrogens (tertiary/aromatic N) is 4. The summed E-state index contributed by atoms with van der Waals surface area (Å²) in [6.07, 6.45) is -3.23. The van der Waals surface area contributed by atoms with E-state index in [2.05, 4.69) is 20.1 Å². The lowest BCUT2D eigenvalue weighted by Gasteiger charge is -2.09. The molecule has 1 aliphatic rings. The molecule has 1 N–H and O–H groups in total. The Labute approximate surface area is 207 Å². The van der Waals surface area contributed by atoms with Gasteiger partial charge in [-0.2, -0.15) is 0 Å². The summed E-state index contributed by atoms with van der Waals surface area (Å²) < 4.78 is 42.4. The van der Waals surface area contributed by atoms with Gasteiger partial charge in [-0.3, -0.25) is 4.99 Å². The van der Waals surface area contributed by atoms with Gasteiger partial charge in [-0.05, 0) is 66.2 Å². The molecule has 0 amide bonds. The van der Waals surface area contributed by atoms with Gasteiger partial charge in [0.25, 0.3) is 0 Å². The summed E-state index contributed by atoms with van der Waals surface area (Å²) in [5.74, 6) is 1.05. The van der Waals surface area contributed by atoms with Gasteiger partial charge < -0.3 is 10.1 Å². The van der Waals surface area contributed by atoms with Crippen LogP contribution in [-0.4, -0.2) is 32.0 Å². The largest absolute Gasteiger partial charge is 0.573 e. The second kappa shape index (κ2) is 9.63. The van der Waals surface area contributed by atoms with E-state index >= 15 is 0 Å². The van der Waals surface area contributed by atoms with E-state index in [1.807, 2.05) is 48.5 Å². The smallest absolute Gasteiger partial charge is 0.406 e. The van der Waals surface area contributed by atoms with Gasteiger partial charge in [-0.15, -0.1) is 18.3 Å². The number of alkyl halides is 3. The van der Waals surface area contributed by atoms with Crippen molar-refractivity contribution in [1.82, 2.24) is 14.8 Å². The highest BCUT2D eigenvalue weighted by Crippen LogP contribution is 2.32. The number of aromatic nitrogens is 3. The van der Waals surface area contributed by atoms with Crippen molar-refractivity contribution in [2.24, 2.45) is 4.99 Å². The molecule has 178 valence electrons. The zero-order chi connectivity index (χ0) is 24.4. The van der Waals surface area contributed by atoms with E-state index in [1.165, 1.54) is 35.3 Å². The predicted octanol–water partition coefficient (Wildman–Crippen LogP) is 6.74. The summed E-state index contributed by atoms with van der Waals surface area (Å²) in [4.78, 5) is 9.06. The standard InChI is InChI=1S/C24H17ClF3N5OS/c25-17-5-1-15(2-6-17)21-13-35-23(31-21)30-18-7-3-16(4-8-18)22-29-14-33(32-22)19-9-11-20(12-10-19)34-24(26,27)28/h1-12,14,21H,13H2,(H,30,31). The summed E-state index contributed by atoms with van der Waals surface area (Å²) in [5, 5.41) is 9.30. The molecule has 1 atom stereocenters. The van der Waals surface area contributed by atoms with Crippen molar-refractivity contribution >= 4 is 34.2 Å². The molecule has 0 saturated carbocycles. The Morgan fingerprint density at radius 3 is 2.37 bits per heavy atom. The Bertz CT molecular complexity index is 1340. The van der Waals surface area contributed by atoms with Crippen molar-refractivity contribution in [3.8, 4) is 22.8 Å². The molecular weight excluding hydrogens is 499 g/mol. The number of nitrogens with one attached hydrogen (secondary N) is 1. The van der Waals surface area contributed by atoms with Crippen molar-refractivity contribution < 1.29 is 17.9 Å². The Kier molecular flexibility index (Phi) is 6.40. The molecule has 0 radical (unpaired) electrons. The second-order valence-electron chi connectivity index (χ2n) is 7.57. The van der Waals surface area contributed by atoms with E-state index in [-0.39, 0.29) is 11.8 Å². The minimum absolute atomic E-state index is 0.0845. The Morgan fingerprint density at radius 2 is 1.69 bits per heavy atom. The van der Waals surface area contributed by atoms with Crippen molar-refractivity contribution in [2.45, 2.75) is 12.4 Å². The Morgan fingerprint density at radius 1 is 0.971 bits per heavy atom. The summed E-state index contributed by atoms with van der Waals surface area (Å²) in [6, 6.07) is 20.8. The van der Waals surface area contributed by atoms with Crippen LogP contribution in [0.3, 0.4) is 0 Å². The fourth-order valence-electron chi connectivity index (χ4n) is 3.44. The number of hydrogen-bond acceptors (Lipinski definition) is 6. The fourth-order valence-corrected chi connectivity index (χ4v) is 4.54. The zero-order valence-electron chi connectivity index (χ0n) is 17.9. The first-order chi connectivity index (χ1) is 16.8. The molecule has 4 aromatic rings. The maximum Gasteiger partial charge on any atom is 0.573 e. The predicted molar refractivity (Wildman–Crippen MR) is 131 cm³/mol. The van der Waals surface area contributed by atoms with Crippen LogP contribution in [0.1, 0.15) is 11.6 Å². The average Bonchev–Trinajstić information content (AvgIpc) is 3.50. The van der Waals surface area contributed by atoms with Gasteiger partial charge in [0.1, 0.15) is 12.1 Å². The van der Waals surface area contributed by atoms with Crippen molar-refractivity contribution in [3.05, 3.63) is 89.7 Å². The van der Waals surface area contributed by atoms with Gasteiger partial charge in [0.05, 0.1) is 11.7 Å². The zero-order valence-corrected chi connectivity index (χ0v) is 19.5. The van der Waals surface area contributed by atoms with Crippen LogP contribution < -0.4 is 10.1 Å². The molecule has 3 aromatic carbocycles. The van der Waals surface area contributed by atoms with E-state index < -0.39 is 6.36 Å². The summed E-state index contributed by atoms with van der Waals surface area (Å²) in [6.45, 7) is 0. The van der Waals surface area contributed by atoms with Crippen LogP contribution >= 0.6 is 23.4 Å². The molecule has 0 spiro atoms. The average molecular weight is 516 g/mol. The molecule has 0 fully saturated rings. The van der Waals surface area contributed by atoms with Crippen LogP contribution in [0.4, 0.5) is 18.9 Å². The third-order valence-corrected chi connectivity index (χ3v) is 6.34. The van der Waals surface area contributed by atoms with Crippen LogP contribution in [0.15, 0.2) is 84.1 Å². The first-order valence-electron chi connectivity index (χ1n) is 10.4. The van der Waals surface area contributed by atoms with Gasteiger partial charge >= 0.3 is 6.36 Å². The quantitative estimate of drug-likeness (QED) is 0.319. The van der Waals surface area contributed by atoms with Crippen LogP contribution in [0, 0.1) is 0 Å². The van der Waals surface area contributed by atoms with E-state index in [1.54, 1.807) is 11.8 Å². The number of halogens is 4. The first kappa shape index (κ1) is 23.3. The normalized spacial score (nSPS) is 15.7. The molecule has 1 unspecified atom stereocenters. The van der Waals surface area contributed by atoms with Gasteiger partial charge in [0, 0.05) is 22.0 Å². The number of aliphatic imine (C=N–C) groups is 1. The van der Waals surface area contributed by atoms with E-state index in [9.17, 15) is 13.2 Å². The van der Waals surface area contributed by atoms with Gasteiger partial charge in [-0.25, -0.2) is 9.67 Å². The van der Waals surface area contributed by atoms with E-state index in [0.29, 0.717) is 16.5 Å². The number of ether oxygens (including phenoxy) is 1. The minimum Gasteiger partial charge on any atom is -0.406 e. The molecule has 1 aliphatic heterocycles. The van der Waals surface area contributed by atoms with Crippen LogP contribution in [0.2, 0.25) is 5.02 Å². The highest BCUT2D eigenvalue weighted by molar-refractivity contribution is 8.14. The highest BCUT2D eigenvalue weighted by Gasteiger charge is 2.31. The lowest BCUT2D eigenvalue weighted by atomic mass is 10.1. The third kappa shape index (κ3) is 5.77. The van der Waals surface area contributed by atoms with E-state index in [4.69, 9.17) is 16.6 Å². The monoisotopic (exact) mass is 515 g/mol. The molecule has 35 heavy (non-hydrogen) atoms. The van der Waals surface area contributed by atoms with Crippen molar-refractivity contribution in [2.75, 3.05) is 11.1 Å². The third-order valence-electron chi connectivity index (χ3n) is 5.13. The summed E-state index contributed by atoms with van der Waals surface area (Å²) in [7, 11) is 0. The molecular formula is C24H17ClF3N5OS. The maximum atomic E-state index is 12.3. The molecule has 6 nitrogen and oxygen atoms in total. The van der Waals surface area contributed by atoms with Crippen LogP contribution in [0.5, 0.6) is 5.75 Å². The maximum absolute atomic E-state index is 12.3. The van der Waals surface area contributed by atoms with Gasteiger partial charge in [0.15, 0.2) is 11.0 Å². The minimum atomic E-state index is -4.73. The Hall–Kier alpha value is -3.50. The highest BCUT2D eigenvalue weighted by atomic mass is 35.5. The molecule has 11 heteroatoms. The fraction of sp³-hybridized carbons (Fsp3) is 0.125. The summed E-state index contributed by atoms with van der Waals surface area (Å²) >= 11 is 7.62. The molecule has 0 bridgehead atoms. The number of hydrogen-bond donors (Lipinski definition) is 1. The van der Waals surface area contributed by atoms with Crippen LogP contribution in [-0.2, 0) is 0 Å². The van der Waals surface area contributed by atoms with Crippen LogP contribution in [0.25, 0.3) is 17.1 Å². The number of rotatable bonds is 5.